The summed E-state index contributed by atoms with van der Waals surface area (Å²) >= 11 is 0. The van der Waals surface area contributed by atoms with Crippen molar-refractivity contribution in [3.05, 3.63) is 12.2 Å². The number of ketones is 1. The van der Waals surface area contributed by atoms with Crippen molar-refractivity contribution in [2.45, 2.75) is 20.3 Å². The van der Waals surface area contributed by atoms with E-state index in [-0.39, 0.29) is 0 Å². The second kappa shape index (κ2) is 2.20. The van der Waals surface area contributed by atoms with Crippen LogP contribution in [0.5, 0.6) is 0 Å². The average molecular weight is 150 g/mol. The maximum Gasteiger partial charge on any atom is 0.140 e. The summed E-state index contributed by atoms with van der Waals surface area (Å²) < 4.78 is 0. The zero-order valence-electron chi connectivity index (χ0n) is 7.08. The number of fused-ring (bicyclic) bond motifs is 1. The van der Waals surface area contributed by atoms with E-state index >= 15 is 0 Å². The summed E-state index contributed by atoms with van der Waals surface area (Å²) in [7, 11) is 0. The Balaban J connectivity index is 2.14. The molecule has 0 aromatic rings. The highest BCUT2D eigenvalue weighted by Gasteiger charge is 2.50. The van der Waals surface area contributed by atoms with E-state index in [1.165, 1.54) is 0 Å². The monoisotopic (exact) mass is 150 g/mol. The Morgan fingerprint density at radius 3 is 2.91 bits per heavy atom. The van der Waals surface area contributed by atoms with Crippen molar-refractivity contribution >= 4 is 5.78 Å². The van der Waals surface area contributed by atoms with Gasteiger partial charge in [-0.05, 0) is 18.3 Å². The van der Waals surface area contributed by atoms with Crippen molar-refractivity contribution < 1.29 is 4.79 Å². The molecule has 0 aromatic heterocycles. The molecule has 0 aliphatic heterocycles. The van der Waals surface area contributed by atoms with Gasteiger partial charge in [0.1, 0.15) is 5.78 Å². The average Bonchev–Trinajstić information content (AvgIpc) is 2.30. The van der Waals surface area contributed by atoms with Gasteiger partial charge in [0.2, 0.25) is 0 Å². The van der Waals surface area contributed by atoms with Gasteiger partial charge in [0, 0.05) is 11.8 Å². The third kappa shape index (κ3) is 0.800. The van der Waals surface area contributed by atoms with Crippen LogP contribution in [0.2, 0.25) is 0 Å². The zero-order chi connectivity index (χ0) is 8.01. The molecule has 1 nitrogen and oxygen atoms in total. The molecule has 60 valence electrons. The van der Waals surface area contributed by atoms with E-state index in [1.54, 1.807) is 0 Å². The maximum absolute atomic E-state index is 11.4. The minimum Gasteiger partial charge on any atom is -0.299 e. The fourth-order valence-electron chi connectivity index (χ4n) is 2.44. The van der Waals surface area contributed by atoms with E-state index in [1.807, 2.05) is 0 Å². The molecule has 2 rings (SSSR count). The predicted molar refractivity (Wildman–Crippen MR) is 44.1 cm³/mol. The predicted octanol–water partition coefficient (Wildman–Crippen LogP) is 2.03. The van der Waals surface area contributed by atoms with Gasteiger partial charge in [0.25, 0.3) is 0 Å². The maximum atomic E-state index is 11.4. The molecule has 0 N–H and O–H groups in total. The van der Waals surface area contributed by atoms with Crippen LogP contribution in [0.1, 0.15) is 20.3 Å². The molecule has 1 heteroatoms. The third-order valence-corrected chi connectivity index (χ3v) is 3.04. The first-order chi connectivity index (χ1) is 5.22. The fraction of sp³-hybridized carbons (Fsp3) is 0.700. The number of carbonyl (C=O) groups is 1. The molecule has 0 unspecified atom stereocenters. The molecule has 0 heterocycles. The quantitative estimate of drug-likeness (QED) is 0.523. The summed E-state index contributed by atoms with van der Waals surface area (Å²) in [6.45, 7) is 4.29. The standard InChI is InChI=1S/C10H14O/c1-6(2)9-7-4-3-5-8(7)10(9)11/h3-4,6-9H,5H2,1-2H3/t7-,8+,9-/m0/s1. The lowest BCUT2D eigenvalue weighted by molar-refractivity contribution is -0.141. The summed E-state index contributed by atoms with van der Waals surface area (Å²) in [5.74, 6) is 2.37. The molecule has 1 saturated carbocycles. The van der Waals surface area contributed by atoms with Crippen LogP contribution >= 0.6 is 0 Å². The van der Waals surface area contributed by atoms with Crippen LogP contribution in [0.4, 0.5) is 0 Å². The van der Waals surface area contributed by atoms with Gasteiger partial charge in [-0.2, -0.15) is 0 Å². The number of hydrogen-bond donors (Lipinski definition) is 0. The molecule has 0 aromatic carbocycles. The van der Waals surface area contributed by atoms with E-state index in [2.05, 4.69) is 26.0 Å². The lowest BCUT2D eigenvalue weighted by atomic mass is 9.61. The van der Waals surface area contributed by atoms with Crippen LogP contribution in [0.3, 0.4) is 0 Å². The highest BCUT2D eigenvalue weighted by molar-refractivity contribution is 5.91. The molecule has 3 atom stereocenters. The van der Waals surface area contributed by atoms with Crippen molar-refractivity contribution in [2.24, 2.45) is 23.7 Å². The zero-order valence-corrected chi connectivity index (χ0v) is 7.08. The largest absolute Gasteiger partial charge is 0.299 e. The summed E-state index contributed by atoms with van der Waals surface area (Å²) in [4.78, 5) is 11.4. The molecule has 11 heavy (non-hydrogen) atoms. The highest BCUT2D eigenvalue weighted by atomic mass is 16.1. The van der Waals surface area contributed by atoms with E-state index in [9.17, 15) is 4.79 Å². The molecular weight excluding hydrogens is 136 g/mol. The lowest BCUT2D eigenvalue weighted by Gasteiger charge is -2.40. The van der Waals surface area contributed by atoms with Crippen molar-refractivity contribution in [2.75, 3.05) is 0 Å². The fourth-order valence-corrected chi connectivity index (χ4v) is 2.44. The topological polar surface area (TPSA) is 17.1 Å². The van der Waals surface area contributed by atoms with Gasteiger partial charge in [0.15, 0.2) is 0 Å². The summed E-state index contributed by atoms with van der Waals surface area (Å²) in [6, 6.07) is 0. The molecular formula is C10H14O. The molecule has 0 spiro atoms. The first-order valence-corrected chi connectivity index (χ1v) is 4.42. The summed E-state index contributed by atoms with van der Waals surface area (Å²) in [6.07, 6.45) is 5.40. The van der Waals surface area contributed by atoms with Crippen LogP contribution in [-0.2, 0) is 4.79 Å². The molecule has 0 bridgehead atoms. The normalized spacial score (nSPS) is 41.0. The first kappa shape index (κ1) is 7.08. The highest BCUT2D eigenvalue weighted by Crippen LogP contribution is 2.47. The molecule has 0 radical (unpaired) electrons. The molecule has 0 amide bonds. The summed E-state index contributed by atoms with van der Waals surface area (Å²) in [5.41, 5.74) is 0. The number of hydrogen-bond acceptors (Lipinski definition) is 1. The van der Waals surface area contributed by atoms with Gasteiger partial charge in [-0.1, -0.05) is 26.0 Å². The Kier molecular flexibility index (Phi) is 1.41. The van der Waals surface area contributed by atoms with Crippen LogP contribution in [-0.4, -0.2) is 5.78 Å². The number of allylic oxidation sites excluding steroid dienone is 2. The minimum absolute atomic E-state index is 0.346. The minimum atomic E-state index is 0.346. The molecule has 2 aliphatic rings. The Hall–Kier alpha value is -0.590. The smallest absolute Gasteiger partial charge is 0.140 e. The van der Waals surface area contributed by atoms with E-state index < -0.39 is 0 Å². The van der Waals surface area contributed by atoms with Gasteiger partial charge in [-0.15, -0.1) is 0 Å². The number of rotatable bonds is 1. The van der Waals surface area contributed by atoms with E-state index in [0.29, 0.717) is 29.5 Å². The van der Waals surface area contributed by atoms with Crippen molar-refractivity contribution in [1.29, 1.82) is 0 Å². The van der Waals surface area contributed by atoms with Crippen LogP contribution in [0.15, 0.2) is 12.2 Å². The third-order valence-electron chi connectivity index (χ3n) is 3.04. The van der Waals surface area contributed by atoms with Crippen molar-refractivity contribution in [3.8, 4) is 0 Å². The van der Waals surface area contributed by atoms with Crippen molar-refractivity contribution in [1.82, 2.24) is 0 Å². The van der Waals surface area contributed by atoms with E-state index in [0.717, 1.165) is 6.42 Å². The molecule has 2 aliphatic carbocycles. The van der Waals surface area contributed by atoms with Crippen LogP contribution in [0.25, 0.3) is 0 Å². The van der Waals surface area contributed by atoms with Gasteiger partial charge >= 0.3 is 0 Å². The second-order valence-electron chi connectivity index (χ2n) is 4.02. The van der Waals surface area contributed by atoms with Crippen LogP contribution in [0, 0.1) is 23.7 Å². The van der Waals surface area contributed by atoms with Gasteiger partial charge < -0.3 is 0 Å². The van der Waals surface area contributed by atoms with Crippen molar-refractivity contribution in [3.63, 3.8) is 0 Å². The SMILES string of the molecule is CC(C)[C@@H]1C(=O)[C@@H]2CC=C[C@@H]21. The second-order valence-corrected chi connectivity index (χ2v) is 4.02. The van der Waals surface area contributed by atoms with Crippen LogP contribution < -0.4 is 0 Å². The summed E-state index contributed by atoms with van der Waals surface area (Å²) in [5, 5.41) is 0. The number of Topliss-reactive ketones (excluding diaryl/α,β-unsaturated/α-hetero) is 1. The Bertz CT molecular complexity index is 215. The molecule has 1 fully saturated rings. The Morgan fingerprint density at radius 1 is 1.55 bits per heavy atom. The Morgan fingerprint density at radius 2 is 2.27 bits per heavy atom. The molecule has 0 saturated heterocycles. The Labute approximate surface area is 67.5 Å². The first-order valence-electron chi connectivity index (χ1n) is 4.42. The van der Waals surface area contributed by atoms with Gasteiger partial charge in [-0.25, -0.2) is 0 Å². The van der Waals surface area contributed by atoms with Gasteiger partial charge in [-0.3, -0.25) is 4.79 Å². The van der Waals surface area contributed by atoms with Gasteiger partial charge in [0.05, 0.1) is 0 Å². The van der Waals surface area contributed by atoms with E-state index in [4.69, 9.17) is 0 Å². The lowest BCUT2D eigenvalue weighted by Crippen LogP contribution is -2.47. The number of carbonyl (C=O) groups excluding carboxylic acids is 1.